The second-order valence-electron chi connectivity index (χ2n) is 4.75. The van der Waals surface area contributed by atoms with Crippen LogP contribution in [-0.2, 0) is 9.59 Å². The van der Waals surface area contributed by atoms with Gasteiger partial charge in [0, 0.05) is 12.0 Å². The van der Waals surface area contributed by atoms with E-state index in [1.807, 2.05) is 6.92 Å². The molecule has 0 bridgehead atoms. The zero-order chi connectivity index (χ0) is 12.3. The first kappa shape index (κ1) is 13.9. The van der Waals surface area contributed by atoms with E-state index in [-0.39, 0.29) is 12.3 Å². The number of nitrogens with two attached hydrogens (primary N) is 2. The van der Waals surface area contributed by atoms with Crippen molar-refractivity contribution in [1.29, 1.82) is 0 Å². The maximum absolute atomic E-state index is 11.7. The van der Waals surface area contributed by atoms with Gasteiger partial charge in [0.05, 0.1) is 5.54 Å². The Morgan fingerprint density at radius 3 is 2.07 bits per heavy atom. The Bertz CT molecular complexity index is 259. The molecule has 5 nitrogen and oxygen atoms in total. The van der Waals surface area contributed by atoms with Gasteiger partial charge in [-0.1, -0.05) is 6.92 Å². The minimum absolute atomic E-state index is 0.0958. The summed E-state index contributed by atoms with van der Waals surface area (Å²) in [5.74, 6) is -0.716. The van der Waals surface area contributed by atoms with Crippen molar-refractivity contribution >= 4 is 11.8 Å². The molecule has 0 aliphatic carbocycles. The normalized spacial score (nSPS) is 15.5. The number of nitrogens with one attached hydrogen (secondary N) is 1. The summed E-state index contributed by atoms with van der Waals surface area (Å²) in [7, 11) is 0. The highest BCUT2D eigenvalue weighted by molar-refractivity contribution is 5.87. The minimum atomic E-state index is -0.908. The fourth-order valence-corrected chi connectivity index (χ4v) is 1.09. The largest absolute Gasteiger partial charge is 0.370 e. The van der Waals surface area contributed by atoms with Crippen molar-refractivity contribution < 1.29 is 9.59 Å². The number of hydrogen-bond acceptors (Lipinski definition) is 3. The Kier molecular flexibility index (Phi) is 4.27. The highest BCUT2D eigenvalue weighted by Crippen LogP contribution is 2.11. The zero-order valence-electron chi connectivity index (χ0n) is 9.89. The van der Waals surface area contributed by atoms with E-state index < -0.39 is 17.0 Å². The van der Waals surface area contributed by atoms with Gasteiger partial charge in [0.2, 0.25) is 11.8 Å². The zero-order valence-corrected chi connectivity index (χ0v) is 9.89. The molecule has 0 aliphatic rings. The molecule has 5 N–H and O–H groups in total. The molecule has 0 aromatic heterocycles. The van der Waals surface area contributed by atoms with Crippen molar-refractivity contribution in [3.05, 3.63) is 0 Å². The van der Waals surface area contributed by atoms with E-state index in [1.54, 1.807) is 20.8 Å². The van der Waals surface area contributed by atoms with Crippen LogP contribution in [0.2, 0.25) is 0 Å². The Morgan fingerprint density at radius 1 is 1.27 bits per heavy atom. The minimum Gasteiger partial charge on any atom is -0.370 e. The number of rotatable bonds is 5. The van der Waals surface area contributed by atoms with Gasteiger partial charge >= 0.3 is 0 Å². The molecule has 1 unspecified atom stereocenters. The highest BCUT2D eigenvalue weighted by atomic mass is 16.2. The van der Waals surface area contributed by atoms with Gasteiger partial charge in [0.1, 0.15) is 0 Å². The summed E-state index contributed by atoms with van der Waals surface area (Å²) >= 11 is 0. The summed E-state index contributed by atoms with van der Waals surface area (Å²) in [6, 6.07) is 0. The second-order valence-corrected chi connectivity index (χ2v) is 4.75. The van der Waals surface area contributed by atoms with E-state index in [1.165, 1.54) is 0 Å². The van der Waals surface area contributed by atoms with Gasteiger partial charge in [-0.05, 0) is 27.2 Å². The standard InChI is InChI=1S/C10H21N3O2/c1-5-10(4,12)8(15)13-9(2,3)6-7(11)14/h5-6,12H2,1-4H3,(H2,11,14)(H,13,15). The first-order chi connectivity index (χ1) is 6.60. The van der Waals surface area contributed by atoms with Crippen LogP contribution in [0.15, 0.2) is 0 Å². The summed E-state index contributed by atoms with van der Waals surface area (Å²) in [5, 5.41) is 2.71. The fraction of sp³-hybridized carbons (Fsp3) is 0.800. The summed E-state index contributed by atoms with van der Waals surface area (Å²) in [4.78, 5) is 22.5. The molecular weight excluding hydrogens is 194 g/mol. The van der Waals surface area contributed by atoms with Crippen LogP contribution >= 0.6 is 0 Å². The van der Waals surface area contributed by atoms with Crippen molar-refractivity contribution in [2.45, 2.75) is 51.6 Å². The molecule has 1 atom stereocenters. The van der Waals surface area contributed by atoms with Crippen molar-refractivity contribution in [3.63, 3.8) is 0 Å². The van der Waals surface area contributed by atoms with Gasteiger partial charge in [-0.25, -0.2) is 0 Å². The van der Waals surface area contributed by atoms with Crippen molar-refractivity contribution in [2.75, 3.05) is 0 Å². The summed E-state index contributed by atoms with van der Waals surface area (Å²) in [6.07, 6.45) is 0.629. The van der Waals surface area contributed by atoms with Crippen LogP contribution in [0.3, 0.4) is 0 Å². The quantitative estimate of drug-likeness (QED) is 0.596. The van der Waals surface area contributed by atoms with Crippen molar-refractivity contribution in [2.24, 2.45) is 11.5 Å². The maximum atomic E-state index is 11.7. The Morgan fingerprint density at radius 2 is 1.73 bits per heavy atom. The molecule has 2 amide bonds. The summed E-state index contributed by atoms with van der Waals surface area (Å²) < 4.78 is 0. The van der Waals surface area contributed by atoms with Gasteiger partial charge < -0.3 is 16.8 Å². The van der Waals surface area contributed by atoms with Crippen molar-refractivity contribution in [3.8, 4) is 0 Å². The summed E-state index contributed by atoms with van der Waals surface area (Å²) in [5.41, 5.74) is 9.28. The topological polar surface area (TPSA) is 98.2 Å². The van der Waals surface area contributed by atoms with E-state index in [2.05, 4.69) is 5.32 Å². The van der Waals surface area contributed by atoms with E-state index in [9.17, 15) is 9.59 Å². The Balaban J connectivity index is 4.46. The van der Waals surface area contributed by atoms with Crippen LogP contribution in [0.4, 0.5) is 0 Å². The van der Waals surface area contributed by atoms with Crippen molar-refractivity contribution in [1.82, 2.24) is 5.32 Å². The predicted molar refractivity (Wildman–Crippen MR) is 58.9 cm³/mol. The summed E-state index contributed by atoms with van der Waals surface area (Å²) in [6.45, 7) is 6.96. The Hall–Kier alpha value is -1.10. The van der Waals surface area contributed by atoms with Gasteiger partial charge in [-0.15, -0.1) is 0 Å². The molecule has 0 heterocycles. The highest BCUT2D eigenvalue weighted by Gasteiger charge is 2.31. The van der Waals surface area contributed by atoms with E-state index in [0.717, 1.165) is 0 Å². The van der Waals surface area contributed by atoms with Gasteiger partial charge in [0.25, 0.3) is 0 Å². The van der Waals surface area contributed by atoms with Crippen LogP contribution in [0.25, 0.3) is 0 Å². The molecule has 5 heteroatoms. The van der Waals surface area contributed by atoms with Crippen LogP contribution in [0.5, 0.6) is 0 Å². The fourth-order valence-electron chi connectivity index (χ4n) is 1.09. The first-order valence-corrected chi connectivity index (χ1v) is 5.00. The van der Waals surface area contributed by atoms with E-state index in [0.29, 0.717) is 6.42 Å². The van der Waals surface area contributed by atoms with Gasteiger partial charge in [-0.2, -0.15) is 0 Å². The second kappa shape index (κ2) is 4.61. The van der Waals surface area contributed by atoms with Crippen LogP contribution in [0.1, 0.15) is 40.5 Å². The lowest BCUT2D eigenvalue weighted by molar-refractivity contribution is -0.128. The molecule has 0 radical (unpaired) electrons. The van der Waals surface area contributed by atoms with E-state index in [4.69, 9.17) is 11.5 Å². The Labute approximate surface area is 90.6 Å². The SMILES string of the molecule is CCC(C)(N)C(=O)NC(C)(C)CC(N)=O. The molecule has 0 saturated carbocycles. The molecule has 15 heavy (non-hydrogen) atoms. The molecule has 0 aromatic carbocycles. The van der Waals surface area contributed by atoms with E-state index >= 15 is 0 Å². The molecule has 0 fully saturated rings. The smallest absolute Gasteiger partial charge is 0.240 e. The average Bonchev–Trinajstić information content (AvgIpc) is 2.00. The molecule has 0 aliphatic heterocycles. The lowest BCUT2D eigenvalue weighted by Gasteiger charge is -2.30. The number of amides is 2. The van der Waals surface area contributed by atoms with Crippen LogP contribution in [0, 0.1) is 0 Å². The van der Waals surface area contributed by atoms with Gasteiger partial charge in [-0.3, -0.25) is 9.59 Å². The van der Waals surface area contributed by atoms with Crippen LogP contribution in [-0.4, -0.2) is 22.9 Å². The average molecular weight is 215 g/mol. The third-order valence-electron chi connectivity index (χ3n) is 2.32. The van der Waals surface area contributed by atoms with Gasteiger partial charge in [0.15, 0.2) is 0 Å². The molecule has 0 saturated heterocycles. The van der Waals surface area contributed by atoms with Crippen LogP contribution < -0.4 is 16.8 Å². The first-order valence-electron chi connectivity index (χ1n) is 5.00. The molecular formula is C10H21N3O2. The number of carbonyl (C=O) groups excluding carboxylic acids is 2. The number of primary amides is 1. The lowest BCUT2D eigenvalue weighted by Crippen LogP contribution is -2.57. The molecule has 0 rings (SSSR count). The predicted octanol–water partition coefficient (Wildman–Crippen LogP) is -0.116. The monoisotopic (exact) mass is 215 g/mol. The number of carbonyl (C=O) groups is 2. The number of hydrogen-bond donors (Lipinski definition) is 3. The lowest BCUT2D eigenvalue weighted by atomic mass is 9.94. The molecule has 88 valence electrons. The maximum Gasteiger partial charge on any atom is 0.240 e. The third kappa shape index (κ3) is 4.78. The molecule has 0 spiro atoms. The third-order valence-corrected chi connectivity index (χ3v) is 2.32. The molecule has 0 aromatic rings.